The van der Waals surface area contributed by atoms with Gasteiger partial charge in [-0.05, 0) is 12.1 Å². The third kappa shape index (κ3) is 1.32. The Labute approximate surface area is 83.8 Å². The number of fused-ring (bicyclic) bond motifs is 1. The molecule has 0 bridgehead atoms. The van der Waals surface area contributed by atoms with E-state index in [4.69, 9.17) is 10.7 Å². The minimum absolute atomic E-state index is 0.139. The van der Waals surface area contributed by atoms with E-state index in [0.717, 1.165) is 0 Å². The van der Waals surface area contributed by atoms with Gasteiger partial charge in [0.25, 0.3) is 9.05 Å². The Morgan fingerprint density at radius 3 is 2.79 bits per heavy atom. The summed E-state index contributed by atoms with van der Waals surface area (Å²) in [5.74, 6) is -0.403. The number of imidazole rings is 1. The first-order chi connectivity index (χ1) is 6.50. The van der Waals surface area contributed by atoms with Crippen LogP contribution in [-0.4, -0.2) is 23.5 Å². The fourth-order valence-corrected chi connectivity index (χ4v) is 2.38. The van der Waals surface area contributed by atoms with Gasteiger partial charge in [0.2, 0.25) is 0 Å². The van der Waals surface area contributed by atoms with Crippen molar-refractivity contribution in [3.8, 4) is 5.75 Å². The number of aromatic nitrogens is 2. The fraction of sp³-hybridized carbons (Fsp3) is 0. The largest absolute Gasteiger partial charge is 0.506 e. The van der Waals surface area contributed by atoms with Crippen molar-refractivity contribution in [1.29, 1.82) is 0 Å². The molecule has 2 rings (SSSR count). The van der Waals surface area contributed by atoms with E-state index < -0.39 is 14.8 Å². The molecular weight excluding hydrogens is 228 g/mol. The normalized spacial score (nSPS) is 12.1. The van der Waals surface area contributed by atoms with Gasteiger partial charge in [0.1, 0.15) is 11.3 Å². The number of phenols is 1. The maximum Gasteiger partial charge on any atom is 0.267 e. The standard InChI is InChI=1S/C7H5ClN2O3S/c8-14(12,13)7-5(11)2-1-4-6(7)10-3-9-4/h1-3,11H,(H,9,10). The molecule has 0 aliphatic heterocycles. The van der Waals surface area contributed by atoms with E-state index in [1.165, 1.54) is 18.5 Å². The summed E-state index contributed by atoms with van der Waals surface area (Å²) in [5.41, 5.74) is 0.641. The lowest BCUT2D eigenvalue weighted by molar-refractivity contribution is 0.461. The minimum Gasteiger partial charge on any atom is -0.506 e. The van der Waals surface area contributed by atoms with Crippen molar-refractivity contribution in [2.24, 2.45) is 0 Å². The second-order valence-corrected chi connectivity index (χ2v) is 5.15. The Balaban J connectivity index is 2.98. The first-order valence-corrected chi connectivity index (χ1v) is 5.91. The Morgan fingerprint density at radius 2 is 2.14 bits per heavy atom. The van der Waals surface area contributed by atoms with Crippen molar-refractivity contribution in [3.63, 3.8) is 0 Å². The van der Waals surface area contributed by atoms with Crippen LogP contribution in [0.4, 0.5) is 0 Å². The third-order valence-electron chi connectivity index (χ3n) is 1.77. The first kappa shape index (κ1) is 9.29. The van der Waals surface area contributed by atoms with Crippen LogP contribution in [0.2, 0.25) is 0 Å². The zero-order chi connectivity index (χ0) is 10.3. The van der Waals surface area contributed by atoms with Crippen LogP contribution in [0.15, 0.2) is 23.4 Å². The van der Waals surface area contributed by atoms with Crippen molar-refractivity contribution < 1.29 is 13.5 Å². The van der Waals surface area contributed by atoms with Gasteiger partial charge < -0.3 is 10.1 Å². The Hall–Kier alpha value is -1.27. The highest BCUT2D eigenvalue weighted by atomic mass is 35.7. The molecule has 7 heteroatoms. The molecule has 0 aliphatic carbocycles. The van der Waals surface area contributed by atoms with E-state index in [-0.39, 0.29) is 10.4 Å². The molecule has 1 aromatic heterocycles. The van der Waals surface area contributed by atoms with Gasteiger partial charge in [0.05, 0.1) is 11.8 Å². The molecule has 0 amide bonds. The number of rotatable bonds is 1. The monoisotopic (exact) mass is 232 g/mol. The number of aromatic hydroxyl groups is 1. The van der Waals surface area contributed by atoms with Crippen LogP contribution in [-0.2, 0) is 9.05 Å². The van der Waals surface area contributed by atoms with E-state index in [0.29, 0.717) is 5.52 Å². The number of hydrogen-bond acceptors (Lipinski definition) is 4. The lowest BCUT2D eigenvalue weighted by Crippen LogP contribution is -1.92. The Morgan fingerprint density at radius 1 is 1.43 bits per heavy atom. The maximum atomic E-state index is 11.1. The van der Waals surface area contributed by atoms with E-state index in [1.54, 1.807) is 0 Å². The molecule has 2 aromatic rings. The van der Waals surface area contributed by atoms with Crippen LogP contribution < -0.4 is 0 Å². The number of hydrogen-bond donors (Lipinski definition) is 2. The molecule has 0 fully saturated rings. The van der Waals surface area contributed by atoms with Crippen LogP contribution in [0.1, 0.15) is 0 Å². The Bertz CT molecular complexity index is 590. The number of H-pyrrole nitrogens is 1. The van der Waals surface area contributed by atoms with Crippen molar-refractivity contribution in [1.82, 2.24) is 9.97 Å². The van der Waals surface area contributed by atoms with Crippen LogP contribution in [0, 0.1) is 0 Å². The molecule has 0 saturated carbocycles. The average molecular weight is 233 g/mol. The van der Waals surface area contributed by atoms with Gasteiger partial charge in [-0.25, -0.2) is 13.4 Å². The van der Waals surface area contributed by atoms with Crippen molar-refractivity contribution in [2.45, 2.75) is 4.90 Å². The first-order valence-electron chi connectivity index (χ1n) is 3.60. The van der Waals surface area contributed by atoms with E-state index >= 15 is 0 Å². The maximum absolute atomic E-state index is 11.1. The number of nitrogens with zero attached hydrogens (tertiary/aromatic N) is 1. The summed E-state index contributed by atoms with van der Waals surface area (Å²) in [6.07, 6.45) is 1.33. The molecule has 0 radical (unpaired) electrons. The molecular formula is C7H5ClN2O3S. The highest BCUT2D eigenvalue weighted by molar-refractivity contribution is 8.14. The number of benzene rings is 1. The van der Waals surface area contributed by atoms with E-state index in [9.17, 15) is 13.5 Å². The molecule has 14 heavy (non-hydrogen) atoms. The smallest absolute Gasteiger partial charge is 0.267 e. The van der Waals surface area contributed by atoms with Crippen molar-refractivity contribution in [2.75, 3.05) is 0 Å². The predicted molar refractivity (Wildman–Crippen MR) is 50.8 cm³/mol. The molecule has 2 N–H and O–H groups in total. The van der Waals surface area contributed by atoms with Crippen molar-refractivity contribution in [3.05, 3.63) is 18.5 Å². The van der Waals surface area contributed by atoms with Crippen LogP contribution in [0.5, 0.6) is 5.75 Å². The summed E-state index contributed by atoms with van der Waals surface area (Å²) in [6.45, 7) is 0. The van der Waals surface area contributed by atoms with Gasteiger partial charge in [0, 0.05) is 10.7 Å². The van der Waals surface area contributed by atoms with Gasteiger partial charge in [-0.2, -0.15) is 0 Å². The SMILES string of the molecule is O=S(=O)(Cl)c1c(O)ccc2[nH]cnc12. The summed E-state index contributed by atoms with van der Waals surface area (Å²) in [7, 11) is 1.17. The second-order valence-electron chi connectivity index (χ2n) is 2.65. The third-order valence-corrected chi connectivity index (χ3v) is 3.12. The Kier molecular flexibility index (Phi) is 1.90. The summed E-state index contributed by atoms with van der Waals surface area (Å²) in [5, 5.41) is 9.35. The number of halogens is 1. The predicted octanol–water partition coefficient (Wildman–Crippen LogP) is 1.20. The van der Waals surface area contributed by atoms with Gasteiger partial charge in [-0.15, -0.1) is 0 Å². The molecule has 0 atom stereocenters. The number of aromatic amines is 1. The molecule has 0 unspecified atom stereocenters. The van der Waals surface area contributed by atoms with Crippen LogP contribution in [0.25, 0.3) is 11.0 Å². The molecule has 1 aromatic carbocycles. The minimum atomic E-state index is -3.99. The summed E-state index contributed by atoms with van der Waals surface area (Å²) >= 11 is 0. The topological polar surface area (TPSA) is 83.0 Å². The van der Waals surface area contributed by atoms with Crippen molar-refractivity contribution >= 4 is 30.8 Å². The highest BCUT2D eigenvalue weighted by Gasteiger charge is 2.20. The van der Waals surface area contributed by atoms with E-state index in [2.05, 4.69) is 9.97 Å². The molecule has 5 nitrogen and oxygen atoms in total. The lowest BCUT2D eigenvalue weighted by atomic mass is 10.3. The average Bonchev–Trinajstić information content (AvgIpc) is 2.48. The molecule has 74 valence electrons. The summed E-state index contributed by atoms with van der Waals surface area (Å²) in [6, 6.07) is 2.76. The highest BCUT2D eigenvalue weighted by Crippen LogP contribution is 2.31. The van der Waals surface area contributed by atoms with Gasteiger partial charge >= 0.3 is 0 Å². The van der Waals surface area contributed by atoms with Gasteiger partial charge in [0.15, 0.2) is 4.90 Å². The fourth-order valence-electron chi connectivity index (χ4n) is 1.21. The number of nitrogens with one attached hydrogen (secondary N) is 1. The second kappa shape index (κ2) is 2.86. The molecule has 0 saturated heterocycles. The summed E-state index contributed by atoms with van der Waals surface area (Å²) in [4.78, 5) is 6.12. The van der Waals surface area contributed by atoms with Crippen LogP contribution >= 0.6 is 10.7 Å². The lowest BCUT2D eigenvalue weighted by Gasteiger charge is -2.00. The van der Waals surface area contributed by atoms with Crippen LogP contribution in [0.3, 0.4) is 0 Å². The zero-order valence-corrected chi connectivity index (χ0v) is 8.30. The zero-order valence-electron chi connectivity index (χ0n) is 6.73. The quantitative estimate of drug-likeness (QED) is 0.724. The van der Waals surface area contributed by atoms with Gasteiger partial charge in [-0.3, -0.25) is 0 Å². The summed E-state index contributed by atoms with van der Waals surface area (Å²) < 4.78 is 22.2. The molecule has 0 spiro atoms. The van der Waals surface area contributed by atoms with E-state index in [1.807, 2.05) is 0 Å². The molecule has 1 heterocycles. The number of phenolic OH excluding ortho intramolecular Hbond substituents is 1. The van der Waals surface area contributed by atoms with Gasteiger partial charge in [-0.1, -0.05) is 0 Å². The molecule has 0 aliphatic rings.